The maximum atomic E-state index is 12.9. The third-order valence-electron chi connectivity index (χ3n) is 10.7. The van der Waals surface area contributed by atoms with Gasteiger partial charge in [0.2, 0.25) is 20.0 Å². The van der Waals surface area contributed by atoms with E-state index in [4.69, 9.17) is 9.47 Å². The number of hydrogen-bond donors (Lipinski definition) is 4. The van der Waals surface area contributed by atoms with Crippen LogP contribution in [0.5, 0.6) is 5.75 Å². The summed E-state index contributed by atoms with van der Waals surface area (Å²) < 4.78 is 103. The van der Waals surface area contributed by atoms with Crippen LogP contribution in [0.2, 0.25) is 0 Å². The van der Waals surface area contributed by atoms with Crippen molar-refractivity contribution in [3.05, 3.63) is 143 Å². The van der Waals surface area contributed by atoms with Crippen LogP contribution in [-0.4, -0.2) is 69.3 Å². The predicted octanol–water partition coefficient (Wildman–Crippen LogP) is 9.33. The lowest BCUT2D eigenvalue weighted by Gasteiger charge is -2.32. The van der Waals surface area contributed by atoms with Crippen LogP contribution in [0.3, 0.4) is 0 Å². The SMILES string of the molecule is CC(C)S(=O)(=O)Nc1ccc(C(=O)Nc2ccc3c(c2)C(=O)N(c2ccc(C(F)(F)F)cc2)C3=O)cc1.CC1CC(Oc2ccc(NC(=O)c3ccc(NS(=O)(=O)C(C)C)cc3)cc2)CC(C)O1. The largest absolute Gasteiger partial charge is 0.490 e. The molecule has 20 heteroatoms. The van der Waals surface area contributed by atoms with Crippen molar-refractivity contribution < 1.29 is 58.7 Å². The molecule has 0 bridgehead atoms. The molecule has 2 aliphatic rings. The Kier molecular flexibility index (Phi) is 15.4. The number of imide groups is 1. The van der Waals surface area contributed by atoms with Crippen LogP contribution in [0.1, 0.15) is 101 Å². The first-order chi connectivity index (χ1) is 31.9. The van der Waals surface area contributed by atoms with Crippen LogP contribution in [0.4, 0.5) is 41.6 Å². The van der Waals surface area contributed by atoms with E-state index < -0.39 is 60.0 Å². The summed E-state index contributed by atoms with van der Waals surface area (Å²) in [5.41, 5.74) is 1.31. The van der Waals surface area contributed by atoms with Crippen molar-refractivity contribution in [2.24, 2.45) is 0 Å². The lowest BCUT2D eigenvalue weighted by molar-refractivity contribution is -0.137. The summed E-state index contributed by atoms with van der Waals surface area (Å²) in [6.07, 6.45) is -2.38. The van der Waals surface area contributed by atoms with Gasteiger partial charge in [0.15, 0.2) is 0 Å². The molecular formula is C48H50F3N5O10S2. The smallest absolute Gasteiger partial charge is 0.416 e. The van der Waals surface area contributed by atoms with Gasteiger partial charge < -0.3 is 20.1 Å². The molecule has 1 saturated heterocycles. The van der Waals surface area contributed by atoms with Gasteiger partial charge in [-0.15, -0.1) is 0 Å². The minimum Gasteiger partial charge on any atom is -0.490 e. The zero-order valence-electron chi connectivity index (χ0n) is 37.8. The highest BCUT2D eigenvalue weighted by atomic mass is 32.2. The molecule has 2 heterocycles. The number of rotatable bonds is 13. The summed E-state index contributed by atoms with van der Waals surface area (Å²) in [6, 6.07) is 27.0. The molecule has 0 aliphatic carbocycles. The number of carbonyl (C=O) groups is 4. The minimum atomic E-state index is -4.56. The molecule has 5 aromatic carbocycles. The highest BCUT2D eigenvalue weighted by Crippen LogP contribution is 2.34. The van der Waals surface area contributed by atoms with Crippen LogP contribution in [0.25, 0.3) is 0 Å². The van der Waals surface area contributed by atoms with Crippen molar-refractivity contribution in [2.45, 2.75) is 89.4 Å². The zero-order valence-corrected chi connectivity index (χ0v) is 39.4. The highest BCUT2D eigenvalue weighted by Gasteiger charge is 2.38. The maximum Gasteiger partial charge on any atom is 0.416 e. The summed E-state index contributed by atoms with van der Waals surface area (Å²) in [5.74, 6) is -1.51. The van der Waals surface area contributed by atoms with Gasteiger partial charge >= 0.3 is 6.18 Å². The van der Waals surface area contributed by atoms with Crippen LogP contribution >= 0.6 is 0 Å². The second-order valence-electron chi connectivity index (χ2n) is 16.7. The molecule has 2 atom stereocenters. The van der Waals surface area contributed by atoms with E-state index in [1.54, 1.807) is 50.2 Å². The van der Waals surface area contributed by atoms with Gasteiger partial charge in [-0.2, -0.15) is 13.2 Å². The number of benzene rings is 5. The number of hydrogen-bond acceptors (Lipinski definition) is 10. The Labute approximate surface area is 392 Å². The van der Waals surface area contributed by atoms with Crippen molar-refractivity contribution in [1.82, 2.24) is 0 Å². The Morgan fingerprint density at radius 2 is 1.04 bits per heavy atom. The standard InChI is InChI=1S/C25H20F3N3O5S.C23H30N2O5S/c1-14(2)37(35,36)30-17-7-3-15(4-8-17)22(32)29-18-9-12-20-21(13-18)24(34)31(23(20)33)19-10-5-16(6-11-19)25(26,27)28;1-15(2)31(27,28)25-20-7-5-18(6-8-20)23(26)24-19-9-11-21(12-10-19)30-22-13-16(3)29-17(4)14-22/h3-14,30H,1-2H3,(H,29,32);5-12,15-17,22,25H,13-14H2,1-4H3,(H,24,26). The molecular weight excluding hydrogens is 928 g/mol. The van der Waals surface area contributed by atoms with Crippen LogP contribution in [0, 0.1) is 0 Å². The molecule has 0 saturated carbocycles. The lowest BCUT2D eigenvalue weighted by Crippen LogP contribution is -2.35. The molecule has 360 valence electrons. The second kappa shape index (κ2) is 20.6. The van der Waals surface area contributed by atoms with Gasteiger partial charge in [0.05, 0.1) is 45.1 Å². The number of nitrogens with zero attached hydrogens (tertiary/aromatic N) is 1. The molecule has 0 spiro atoms. The molecule has 7 rings (SSSR count). The molecule has 5 aromatic rings. The number of alkyl halides is 3. The Hall–Kier alpha value is -6.77. The molecule has 0 radical (unpaired) electrons. The number of amides is 4. The summed E-state index contributed by atoms with van der Waals surface area (Å²) in [7, 11) is -6.97. The molecule has 68 heavy (non-hydrogen) atoms. The number of ether oxygens (including phenoxy) is 2. The van der Waals surface area contributed by atoms with Gasteiger partial charge in [-0.1, -0.05) is 0 Å². The second-order valence-corrected chi connectivity index (χ2v) is 21.2. The summed E-state index contributed by atoms with van der Waals surface area (Å²) in [4.78, 5) is 51.6. The van der Waals surface area contributed by atoms with Crippen LogP contribution in [-0.2, 0) is 31.0 Å². The normalized spacial score (nSPS) is 17.2. The van der Waals surface area contributed by atoms with E-state index in [0.29, 0.717) is 16.9 Å². The Balaban J connectivity index is 0.000000228. The van der Waals surface area contributed by atoms with Crippen molar-refractivity contribution >= 4 is 72.1 Å². The number of nitrogens with one attached hydrogen (secondary N) is 4. The zero-order chi connectivity index (χ0) is 49.7. The van der Waals surface area contributed by atoms with E-state index in [9.17, 15) is 49.2 Å². The summed E-state index contributed by atoms with van der Waals surface area (Å²) in [5, 5.41) is 4.26. The van der Waals surface area contributed by atoms with Gasteiger partial charge in [-0.3, -0.25) is 28.6 Å². The number of sulfonamides is 2. The first-order valence-corrected chi connectivity index (χ1v) is 24.5. The van der Waals surface area contributed by atoms with Gasteiger partial charge in [0.1, 0.15) is 11.9 Å². The van der Waals surface area contributed by atoms with E-state index in [-0.39, 0.29) is 58.0 Å². The topological polar surface area (TPSA) is 206 Å². The summed E-state index contributed by atoms with van der Waals surface area (Å²) in [6.45, 7) is 10.4. The van der Waals surface area contributed by atoms with E-state index in [0.717, 1.165) is 47.8 Å². The third-order valence-corrected chi connectivity index (χ3v) is 14.2. The van der Waals surface area contributed by atoms with Crippen molar-refractivity contribution in [3.8, 4) is 5.75 Å². The van der Waals surface area contributed by atoms with Gasteiger partial charge in [0.25, 0.3) is 23.6 Å². The van der Waals surface area contributed by atoms with Crippen molar-refractivity contribution in [3.63, 3.8) is 0 Å². The maximum absolute atomic E-state index is 12.9. The first kappa shape index (κ1) is 50.6. The van der Waals surface area contributed by atoms with Crippen molar-refractivity contribution in [1.29, 1.82) is 0 Å². The first-order valence-electron chi connectivity index (χ1n) is 21.4. The Bertz CT molecular complexity index is 2870. The number of carbonyl (C=O) groups excluding carboxylic acids is 4. The predicted molar refractivity (Wildman–Crippen MR) is 253 cm³/mol. The third kappa shape index (κ3) is 12.6. The van der Waals surface area contributed by atoms with Gasteiger partial charge in [0, 0.05) is 46.7 Å². The van der Waals surface area contributed by atoms with E-state index in [1.165, 1.54) is 56.3 Å². The van der Waals surface area contributed by atoms with E-state index in [2.05, 4.69) is 33.9 Å². The fraction of sp³-hybridized carbons (Fsp3) is 0.292. The fourth-order valence-electron chi connectivity index (χ4n) is 6.95. The number of anilines is 5. The van der Waals surface area contributed by atoms with E-state index in [1.807, 2.05) is 12.1 Å². The van der Waals surface area contributed by atoms with E-state index >= 15 is 0 Å². The van der Waals surface area contributed by atoms with Crippen LogP contribution in [0.15, 0.2) is 115 Å². The minimum absolute atomic E-state index is 0.0128. The highest BCUT2D eigenvalue weighted by molar-refractivity contribution is 7.93. The monoisotopic (exact) mass is 977 g/mol. The molecule has 0 aromatic heterocycles. The Morgan fingerprint density at radius 3 is 1.50 bits per heavy atom. The molecule has 2 unspecified atom stereocenters. The van der Waals surface area contributed by atoms with Gasteiger partial charge in [-0.05, 0) is 157 Å². The molecule has 15 nitrogen and oxygen atoms in total. The molecule has 1 fully saturated rings. The number of fused-ring (bicyclic) bond motifs is 1. The summed E-state index contributed by atoms with van der Waals surface area (Å²) >= 11 is 0. The average Bonchev–Trinajstić information content (AvgIpc) is 3.51. The van der Waals surface area contributed by atoms with Crippen molar-refractivity contribution in [2.75, 3.05) is 25.0 Å². The Morgan fingerprint density at radius 1 is 0.618 bits per heavy atom. The van der Waals surface area contributed by atoms with Crippen LogP contribution < -0.4 is 29.7 Å². The molecule has 4 amide bonds. The fourth-order valence-corrected chi connectivity index (χ4v) is 8.35. The van der Waals surface area contributed by atoms with Gasteiger partial charge in [-0.25, -0.2) is 21.7 Å². The lowest BCUT2D eigenvalue weighted by atomic mass is 10.0. The quantitative estimate of drug-likeness (QED) is 0.0823. The average molecular weight is 978 g/mol. The molecule has 2 aliphatic heterocycles. The number of halogens is 3. The molecule has 4 N–H and O–H groups in total.